The number of methoxy groups -OCH3 is 3. The van der Waals surface area contributed by atoms with Gasteiger partial charge in [0.05, 0.1) is 33.1 Å². The summed E-state index contributed by atoms with van der Waals surface area (Å²) in [6.45, 7) is -0.361. The lowest BCUT2D eigenvalue weighted by atomic mass is 9.81. The van der Waals surface area contributed by atoms with E-state index in [9.17, 15) is 13.2 Å². The molecule has 0 radical (unpaired) electrons. The van der Waals surface area contributed by atoms with Gasteiger partial charge in [0.15, 0.2) is 5.54 Å². The number of likely N-dealkylation sites (N-methyl/N-ethyl adjacent to an activating group) is 1. The number of nitrogens with zero attached hydrogens (tertiary/aromatic N) is 4. The lowest BCUT2D eigenvalue weighted by Gasteiger charge is -2.41. The summed E-state index contributed by atoms with van der Waals surface area (Å²) in [5.74, 6) is -1.19. The fourth-order valence-electron chi connectivity index (χ4n) is 5.88. The molecule has 228 valence electrons. The molecule has 2 amide bonds. The molecule has 14 heteroatoms. The van der Waals surface area contributed by atoms with Gasteiger partial charge in [0, 0.05) is 55.5 Å². The monoisotopic (exact) mass is 632 g/mol. The average Bonchev–Trinajstić information content (AvgIpc) is 3.50. The molecule has 1 aromatic heterocycles. The molecule has 2 aliphatic rings. The number of fused-ring (bicyclic) bond motifs is 1. The number of carbonyl (C=O) groups excluding carboxylic acids is 2. The van der Waals surface area contributed by atoms with Crippen molar-refractivity contribution in [2.75, 3.05) is 46.3 Å². The van der Waals surface area contributed by atoms with Gasteiger partial charge < -0.3 is 19.1 Å². The Balaban J connectivity index is 1.86. The minimum absolute atomic E-state index is 0.0126. The molecule has 1 saturated heterocycles. The maximum atomic E-state index is 15.4. The Bertz CT molecular complexity index is 1710. The molecule has 0 aliphatic carbocycles. The number of ether oxygens (including phenoxy) is 3. The van der Waals surface area contributed by atoms with Crippen molar-refractivity contribution in [3.05, 3.63) is 70.9 Å². The van der Waals surface area contributed by atoms with Crippen molar-refractivity contribution in [1.29, 1.82) is 0 Å². The van der Waals surface area contributed by atoms with Gasteiger partial charge in [0.25, 0.3) is 15.9 Å². The number of benzene rings is 2. The molecule has 3 heterocycles. The van der Waals surface area contributed by atoms with Crippen molar-refractivity contribution >= 4 is 39.1 Å². The molecule has 1 fully saturated rings. The summed E-state index contributed by atoms with van der Waals surface area (Å²) in [6.07, 6.45) is -0.282. The van der Waals surface area contributed by atoms with Gasteiger partial charge in [0.1, 0.15) is 22.6 Å². The number of rotatable bonds is 8. The molecule has 3 atom stereocenters. The summed E-state index contributed by atoms with van der Waals surface area (Å²) >= 11 is 6.48. The van der Waals surface area contributed by atoms with E-state index in [0.29, 0.717) is 10.1 Å². The lowest BCUT2D eigenvalue weighted by Crippen LogP contribution is -2.59. The van der Waals surface area contributed by atoms with Gasteiger partial charge in [0.2, 0.25) is 11.8 Å². The van der Waals surface area contributed by atoms with E-state index in [0.717, 1.165) is 0 Å². The van der Waals surface area contributed by atoms with Crippen molar-refractivity contribution in [3.63, 3.8) is 0 Å². The average molecular weight is 633 g/mol. The van der Waals surface area contributed by atoms with E-state index in [-0.39, 0.29) is 51.3 Å². The van der Waals surface area contributed by atoms with E-state index < -0.39 is 39.6 Å². The number of pyridine rings is 1. The lowest BCUT2D eigenvalue weighted by molar-refractivity contribution is -0.138. The van der Waals surface area contributed by atoms with Crippen LogP contribution < -0.4 is 18.5 Å². The largest absolute Gasteiger partial charge is 0.497 e. The van der Waals surface area contributed by atoms with E-state index in [1.165, 1.54) is 87.8 Å². The number of alkyl halides is 1. The number of hydrogen-bond acceptors (Lipinski definition) is 9. The SMILES string of the molecule is COc1ccc(S(=O)(=O)N2C(=O)C(c3cccnc3OC)(N3C[C@H](F)C[C@H]3C(=O)N(C)C)c3cc(Cl)ccc32)c(OC)c1. The number of amides is 2. The predicted octanol–water partition coefficient (Wildman–Crippen LogP) is 3.24. The number of aromatic nitrogens is 1. The summed E-state index contributed by atoms with van der Waals surface area (Å²) in [5.41, 5.74) is -1.87. The number of sulfonamides is 1. The number of carbonyl (C=O) groups is 2. The van der Waals surface area contributed by atoms with Gasteiger partial charge in [-0.15, -0.1) is 0 Å². The van der Waals surface area contributed by atoms with Crippen molar-refractivity contribution in [3.8, 4) is 17.4 Å². The van der Waals surface area contributed by atoms with Crippen LogP contribution in [0.25, 0.3) is 0 Å². The summed E-state index contributed by atoms with van der Waals surface area (Å²) in [4.78, 5) is 35.3. The highest BCUT2D eigenvalue weighted by Crippen LogP contribution is 2.55. The Kier molecular flexibility index (Phi) is 8.01. The zero-order valence-corrected chi connectivity index (χ0v) is 25.6. The van der Waals surface area contributed by atoms with Crippen molar-refractivity contribution < 1.29 is 36.6 Å². The minimum atomic E-state index is -4.69. The molecule has 0 N–H and O–H groups in total. The van der Waals surface area contributed by atoms with Gasteiger partial charge in [-0.1, -0.05) is 11.6 Å². The smallest absolute Gasteiger partial charge is 0.274 e. The van der Waals surface area contributed by atoms with Crippen LogP contribution in [0.1, 0.15) is 17.5 Å². The zero-order chi connectivity index (χ0) is 31.3. The van der Waals surface area contributed by atoms with Crippen molar-refractivity contribution in [2.45, 2.75) is 29.1 Å². The normalized spacial score (nSPS) is 21.9. The van der Waals surface area contributed by atoms with Crippen LogP contribution in [0.5, 0.6) is 17.4 Å². The van der Waals surface area contributed by atoms with Crippen LogP contribution in [0.15, 0.2) is 59.6 Å². The molecular formula is C29H30ClFN4O7S. The first-order valence-electron chi connectivity index (χ1n) is 13.2. The molecular weight excluding hydrogens is 603 g/mol. The summed E-state index contributed by atoms with van der Waals surface area (Å²) in [5, 5.41) is 0.187. The number of likely N-dealkylation sites (tertiary alicyclic amines) is 1. The third-order valence-corrected chi connectivity index (χ3v) is 9.68. The van der Waals surface area contributed by atoms with Crippen LogP contribution in [0, 0.1) is 0 Å². The van der Waals surface area contributed by atoms with Gasteiger partial charge in [-0.2, -0.15) is 0 Å². The predicted molar refractivity (Wildman–Crippen MR) is 156 cm³/mol. The molecule has 1 unspecified atom stereocenters. The molecule has 2 aliphatic heterocycles. The number of hydrogen-bond donors (Lipinski definition) is 0. The van der Waals surface area contributed by atoms with Crippen LogP contribution in [0.4, 0.5) is 10.1 Å². The van der Waals surface area contributed by atoms with Gasteiger partial charge in [-0.05, 0) is 42.5 Å². The molecule has 2 aromatic carbocycles. The highest BCUT2D eigenvalue weighted by atomic mass is 35.5. The molecule has 11 nitrogen and oxygen atoms in total. The van der Waals surface area contributed by atoms with Gasteiger partial charge in [-0.3, -0.25) is 14.5 Å². The second-order valence-electron chi connectivity index (χ2n) is 10.3. The fraction of sp³-hybridized carbons (Fsp3) is 0.345. The van der Waals surface area contributed by atoms with Crippen LogP contribution >= 0.6 is 11.6 Å². The highest BCUT2D eigenvalue weighted by molar-refractivity contribution is 7.93. The summed E-state index contributed by atoms with van der Waals surface area (Å²) < 4.78 is 61.1. The molecule has 0 spiro atoms. The van der Waals surface area contributed by atoms with Crippen molar-refractivity contribution in [1.82, 2.24) is 14.8 Å². The summed E-state index contributed by atoms with van der Waals surface area (Å²) in [6, 6.07) is 10.3. The first-order chi connectivity index (χ1) is 20.4. The van der Waals surface area contributed by atoms with E-state index in [2.05, 4.69) is 4.98 Å². The van der Waals surface area contributed by atoms with Crippen LogP contribution in [0.2, 0.25) is 5.02 Å². The summed E-state index contributed by atoms with van der Waals surface area (Å²) in [7, 11) is 2.41. The Morgan fingerprint density at radius 3 is 2.47 bits per heavy atom. The van der Waals surface area contributed by atoms with Crippen molar-refractivity contribution in [2.24, 2.45) is 0 Å². The fourth-order valence-corrected chi connectivity index (χ4v) is 7.65. The molecule has 3 aromatic rings. The molecule has 0 bridgehead atoms. The highest BCUT2D eigenvalue weighted by Gasteiger charge is 2.64. The molecule has 43 heavy (non-hydrogen) atoms. The Morgan fingerprint density at radius 1 is 1.07 bits per heavy atom. The van der Waals surface area contributed by atoms with Crippen LogP contribution in [-0.4, -0.2) is 89.2 Å². The Morgan fingerprint density at radius 2 is 1.81 bits per heavy atom. The third-order valence-electron chi connectivity index (χ3n) is 7.71. The standard InChI is InChI=1S/C29H30ClFN4O7S/c1-33(2)27(36)23-14-18(31)16-34(23)29(20-7-6-12-32-26(20)42-5)21-13-17(30)8-10-22(21)35(28(29)37)43(38,39)25-11-9-19(40-3)15-24(25)41-4/h6-13,15,18,23H,14,16H2,1-5H3/t18-,23+,29?/m1/s1. The topological polar surface area (TPSA) is 119 Å². The van der Waals surface area contributed by atoms with Gasteiger partial charge >= 0.3 is 0 Å². The van der Waals surface area contributed by atoms with E-state index in [1.54, 1.807) is 12.1 Å². The van der Waals surface area contributed by atoms with Crippen LogP contribution in [0.3, 0.4) is 0 Å². The first-order valence-corrected chi connectivity index (χ1v) is 15.0. The number of anilines is 1. The van der Waals surface area contributed by atoms with Crippen LogP contribution in [-0.2, 0) is 25.2 Å². The van der Waals surface area contributed by atoms with Gasteiger partial charge in [-0.25, -0.2) is 22.1 Å². The van der Waals surface area contributed by atoms with E-state index in [1.807, 2.05) is 0 Å². The second-order valence-corrected chi connectivity index (χ2v) is 12.4. The second kappa shape index (κ2) is 11.3. The maximum absolute atomic E-state index is 15.4. The Labute approximate surface area is 253 Å². The first kappa shape index (κ1) is 30.5. The zero-order valence-electron chi connectivity index (χ0n) is 24.1. The van der Waals surface area contributed by atoms with E-state index >= 15 is 9.18 Å². The molecule has 0 saturated carbocycles. The maximum Gasteiger partial charge on any atom is 0.274 e. The number of halogens is 2. The Hall–Kier alpha value is -3.94. The minimum Gasteiger partial charge on any atom is -0.497 e. The molecule has 5 rings (SSSR count). The quantitative estimate of drug-likeness (QED) is 0.369. The third kappa shape index (κ3) is 4.66. The van der Waals surface area contributed by atoms with E-state index in [4.69, 9.17) is 25.8 Å².